The van der Waals surface area contributed by atoms with Crippen molar-refractivity contribution in [2.75, 3.05) is 11.9 Å². The Bertz CT molecular complexity index is 788. The summed E-state index contributed by atoms with van der Waals surface area (Å²) in [5.41, 5.74) is 0.539. The number of nitrogens with zero attached hydrogens (tertiary/aromatic N) is 1. The second-order valence-corrected chi connectivity index (χ2v) is 6.82. The first-order valence-electron chi connectivity index (χ1n) is 6.93. The molecule has 2 aromatic rings. The number of halogens is 1. The molecule has 0 atom stereocenters. The van der Waals surface area contributed by atoms with Crippen LogP contribution >= 0.6 is 0 Å². The lowest BCUT2D eigenvalue weighted by Crippen LogP contribution is -2.30. The molecule has 0 radical (unpaired) electrons. The summed E-state index contributed by atoms with van der Waals surface area (Å²) in [5.74, 6) is -1.18. The molecule has 23 heavy (non-hydrogen) atoms. The minimum atomic E-state index is -3.83. The van der Waals surface area contributed by atoms with E-state index in [0.717, 1.165) is 12.1 Å². The van der Waals surface area contributed by atoms with Gasteiger partial charge in [-0.2, -0.15) is 4.31 Å². The van der Waals surface area contributed by atoms with E-state index in [4.69, 9.17) is 4.42 Å². The van der Waals surface area contributed by atoms with E-state index >= 15 is 0 Å². The predicted molar refractivity (Wildman–Crippen MR) is 82.7 cm³/mol. The molecule has 8 heteroatoms. The summed E-state index contributed by atoms with van der Waals surface area (Å²) < 4.78 is 45.2. The van der Waals surface area contributed by atoms with Crippen LogP contribution in [0.25, 0.3) is 0 Å². The third-order valence-corrected chi connectivity index (χ3v) is 5.09. The number of amides is 1. The van der Waals surface area contributed by atoms with Crippen molar-refractivity contribution in [2.45, 2.75) is 25.3 Å². The van der Waals surface area contributed by atoms with Gasteiger partial charge >= 0.3 is 0 Å². The molecule has 0 aliphatic carbocycles. The van der Waals surface area contributed by atoms with E-state index < -0.39 is 21.7 Å². The molecule has 0 saturated heterocycles. The largest absolute Gasteiger partial charge is 0.472 e. The minimum Gasteiger partial charge on any atom is -0.472 e. The molecule has 0 aliphatic heterocycles. The fourth-order valence-electron chi connectivity index (χ4n) is 2.05. The van der Waals surface area contributed by atoms with Crippen molar-refractivity contribution < 1.29 is 22.0 Å². The molecule has 1 amide bonds. The van der Waals surface area contributed by atoms with E-state index in [1.807, 2.05) is 0 Å². The number of furan rings is 1. The van der Waals surface area contributed by atoms with Crippen LogP contribution < -0.4 is 5.32 Å². The molecule has 1 heterocycles. The summed E-state index contributed by atoms with van der Waals surface area (Å²) in [6.45, 7) is 3.30. The SMILES string of the molecule is CCN(Cc1ccoc1)S(=O)(=O)c1ccc(F)c(NC(C)=O)c1. The van der Waals surface area contributed by atoms with Crippen molar-refractivity contribution in [3.8, 4) is 0 Å². The Labute approximate surface area is 134 Å². The lowest BCUT2D eigenvalue weighted by atomic mass is 10.3. The Hall–Kier alpha value is -2.19. The number of nitrogens with one attached hydrogen (secondary N) is 1. The maximum Gasteiger partial charge on any atom is 0.243 e. The number of rotatable bonds is 6. The highest BCUT2D eigenvalue weighted by Gasteiger charge is 2.24. The number of carbonyl (C=O) groups excluding carboxylic acids is 1. The van der Waals surface area contributed by atoms with E-state index in [2.05, 4.69) is 5.32 Å². The number of benzene rings is 1. The van der Waals surface area contributed by atoms with Crippen LogP contribution in [0.3, 0.4) is 0 Å². The van der Waals surface area contributed by atoms with Crippen molar-refractivity contribution in [1.29, 1.82) is 0 Å². The Morgan fingerprint density at radius 1 is 1.35 bits per heavy atom. The lowest BCUT2D eigenvalue weighted by Gasteiger charge is -2.20. The molecule has 0 bridgehead atoms. The van der Waals surface area contributed by atoms with Gasteiger partial charge in [-0.25, -0.2) is 12.8 Å². The molecule has 1 N–H and O–H groups in total. The van der Waals surface area contributed by atoms with Crippen LogP contribution in [-0.2, 0) is 21.4 Å². The van der Waals surface area contributed by atoms with Crippen LogP contribution in [0, 0.1) is 5.82 Å². The van der Waals surface area contributed by atoms with Gasteiger partial charge in [0.2, 0.25) is 15.9 Å². The van der Waals surface area contributed by atoms with E-state index in [-0.39, 0.29) is 23.7 Å². The van der Waals surface area contributed by atoms with Gasteiger partial charge in [0.15, 0.2) is 0 Å². The molecule has 124 valence electrons. The van der Waals surface area contributed by atoms with Crippen molar-refractivity contribution in [1.82, 2.24) is 4.31 Å². The molecule has 1 aromatic heterocycles. The maximum atomic E-state index is 13.7. The highest BCUT2D eigenvalue weighted by atomic mass is 32.2. The molecule has 0 spiro atoms. The quantitative estimate of drug-likeness (QED) is 0.876. The summed E-state index contributed by atoms with van der Waals surface area (Å²) in [7, 11) is -3.83. The van der Waals surface area contributed by atoms with Gasteiger partial charge in [0.1, 0.15) is 5.82 Å². The molecular weight excluding hydrogens is 323 g/mol. The number of anilines is 1. The summed E-state index contributed by atoms with van der Waals surface area (Å²) >= 11 is 0. The number of sulfonamides is 1. The van der Waals surface area contributed by atoms with E-state index in [9.17, 15) is 17.6 Å². The second kappa shape index (κ2) is 6.93. The first kappa shape index (κ1) is 17.2. The van der Waals surface area contributed by atoms with E-state index in [1.54, 1.807) is 13.0 Å². The van der Waals surface area contributed by atoms with Gasteiger partial charge in [0.25, 0.3) is 0 Å². The smallest absolute Gasteiger partial charge is 0.243 e. The van der Waals surface area contributed by atoms with Crippen LogP contribution in [0.4, 0.5) is 10.1 Å². The van der Waals surface area contributed by atoms with Crippen LogP contribution in [-0.4, -0.2) is 25.2 Å². The van der Waals surface area contributed by atoms with Gasteiger partial charge in [0.05, 0.1) is 23.1 Å². The predicted octanol–water partition coefficient (Wildman–Crippen LogP) is 2.59. The van der Waals surface area contributed by atoms with Gasteiger partial charge < -0.3 is 9.73 Å². The van der Waals surface area contributed by atoms with Gasteiger partial charge in [-0.15, -0.1) is 0 Å². The van der Waals surface area contributed by atoms with Crippen LogP contribution in [0.2, 0.25) is 0 Å². The topological polar surface area (TPSA) is 79.6 Å². The Morgan fingerprint density at radius 3 is 2.65 bits per heavy atom. The normalized spacial score (nSPS) is 11.7. The van der Waals surface area contributed by atoms with Gasteiger partial charge in [0, 0.05) is 25.6 Å². The zero-order chi connectivity index (χ0) is 17.0. The second-order valence-electron chi connectivity index (χ2n) is 4.89. The third-order valence-electron chi connectivity index (χ3n) is 3.18. The molecule has 0 saturated carbocycles. The lowest BCUT2D eigenvalue weighted by molar-refractivity contribution is -0.114. The van der Waals surface area contributed by atoms with Crippen molar-refractivity contribution in [3.05, 3.63) is 48.2 Å². The first-order valence-corrected chi connectivity index (χ1v) is 8.37. The maximum absolute atomic E-state index is 13.7. The zero-order valence-electron chi connectivity index (χ0n) is 12.7. The van der Waals surface area contributed by atoms with E-state index in [1.165, 1.54) is 29.8 Å². The monoisotopic (exact) mass is 340 g/mol. The number of carbonyl (C=O) groups is 1. The Balaban J connectivity index is 2.35. The van der Waals surface area contributed by atoms with Crippen molar-refractivity contribution >= 4 is 21.6 Å². The summed E-state index contributed by atoms with van der Waals surface area (Å²) in [6.07, 6.45) is 2.92. The highest BCUT2D eigenvalue weighted by molar-refractivity contribution is 7.89. The zero-order valence-corrected chi connectivity index (χ0v) is 13.6. The molecule has 0 fully saturated rings. The third kappa shape index (κ3) is 3.96. The number of hydrogen-bond donors (Lipinski definition) is 1. The minimum absolute atomic E-state index is 0.0898. The highest BCUT2D eigenvalue weighted by Crippen LogP contribution is 2.23. The van der Waals surface area contributed by atoms with Gasteiger partial charge in [-0.1, -0.05) is 6.92 Å². The molecule has 0 aliphatic rings. The summed E-state index contributed by atoms with van der Waals surface area (Å²) in [5, 5.41) is 2.28. The molecule has 0 unspecified atom stereocenters. The molecule has 1 aromatic carbocycles. The van der Waals surface area contributed by atoms with Gasteiger partial charge in [-0.05, 0) is 24.3 Å². The Kier molecular flexibility index (Phi) is 5.17. The van der Waals surface area contributed by atoms with E-state index in [0.29, 0.717) is 5.56 Å². The fourth-order valence-corrected chi connectivity index (χ4v) is 3.52. The first-order chi connectivity index (χ1) is 10.8. The van der Waals surface area contributed by atoms with Crippen LogP contribution in [0.5, 0.6) is 0 Å². The average Bonchev–Trinajstić information content (AvgIpc) is 2.99. The molecular formula is C15H17FN2O4S. The summed E-state index contributed by atoms with van der Waals surface area (Å²) in [4.78, 5) is 11.0. The van der Waals surface area contributed by atoms with Crippen LogP contribution in [0.1, 0.15) is 19.4 Å². The fraction of sp³-hybridized carbons (Fsp3) is 0.267. The van der Waals surface area contributed by atoms with Crippen molar-refractivity contribution in [3.63, 3.8) is 0 Å². The Morgan fingerprint density at radius 2 is 2.09 bits per heavy atom. The molecule has 2 rings (SSSR count). The number of hydrogen-bond acceptors (Lipinski definition) is 4. The standard InChI is InChI=1S/C15H17FN2O4S/c1-3-18(9-12-6-7-22-10-12)23(20,21)13-4-5-14(16)15(8-13)17-11(2)19/h4-8,10H,3,9H2,1-2H3,(H,17,19). The van der Waals surface area contributed by atoms with Crippen LogP contribution in [0.15, 0.2) is 46.1 Å². The molecule has 6 nitrogen and oxygen atoms in total. The van der Waals surface area contributed by atoms with Crippen molar-refractivity contribution in [2.24, 2.45) is 0 Å². The average molecular weight is 340 g/mol. The van der Waals surface area contributed by atoms with Gasteiger partial charge in [-0.3, -0.25) is 4.79 Å². The summed E-state index contributed by atoms with van der Waals surface area (Å²) in [6, 6.07) is 4.98.